The predicted molar refractivity (Wildman–Crippen MR) is 131 cm³/mol. The first-order valence-corrected chi connectivity index (χ1v) is 11.7. The molecule has 0 radical (unpaired) electrons. The highest BCUT2D eigenvalue weighted by molar-refractivity contribution is 5.96. The zero-order chi connectivity index (χ0) is 23.5. The monoisotopic (exact) mass is 444 g/mol. The number of ketones is 2. The fourth-order valence-electron chi connectivity index (χ4n) is 3.99. The number of unbranched alkanes of at least 4 members (excludes halogenated alkanes) is 4. The molecular formula is C28H32N2O3. The maximum Gasteiger partial charge on any atom is 0.219 e. The van der Waals surface area contributed by atoms with Gasteiger partial charge in [-0.05, 0) is 30.0 Å². The smallest absolute Gasteiger partial charge is 0.219 e. The third-order valence-corrected chi connectivity index (χ3v) is 5.87. The summed E-state index contributed by atoms with van der Waals surface area (Å²) in [7, 11) is 1.66. The van der Waals surface area contributed by atoms with Crippen LogP contribution in [0.2, 0.25) is 0 Å². The van der Waals surface area contributed by atoms with Crippen LogP contribution in [0.4, 0.5) is 0 Å². The molecule has 33 heavy (non-hydrogen) atoms. The lowest BCUT2D eigenvalue weighted by atomic mass is 9.98. The van der Waals surface area contributed by atoms with Gasteiger partial charge in [-0.2, -0.15) is 0 Å². The van der Waals surface area contributed by atoms with E-state index in [-0.39, 0.29) is 17.5 Å². The minimum absolute atomic E-state index is 0.0842. The van der Waals surface area contributed by atoms with Gasteiger partial charge < -0.3 is 5.32 Å². The van der Waals surface area contributed by atoms with Gasteiger partial charge in [-0.3, -0.25) is 19.4 Å². The molecule has 0 fully saturated rings. The Balaban J connectivity index is 1.41. The molecule has 0 saturated heterocycles. The highest BCUT2D eigenvalue weighted by atomic mass is 16.1. The van der Waals surface area contributed by atoms with Crippen molar-refractivity contribution >= 4 is 28.4 Å². The van der Waals surface area contributed by atoms with Crippen molar-refractivity contribution in [3.05, 3.63) is 77.5 Å². The molecule has 5 heteroatoms. The Morgan fingerprint density at radius 3 is 2.24 bits per heavy atom. The number of hydrogen-bond acceptors (Lipinski definition) is 4. The maximum atomic E-state index is 12.6. The van der Waals surface area contributed by atoms with E-state index in [1.807, 2.05) is 54.6 Å². The second kappa shape index (κ2) is 12.6. The zero-order valence-corrected chi connectivity index (χ0v) is 19.3. The molecule has 1 N–H and O–H groups in total. The van der Waals surface area contributed by atoms with Gasteiger partial charge >= 0.3 is 0 Å². The number of benzene rings is 2. The normalized spacial score (nSPS) is 10.8. The Morgan fingerprint density at radius 2 is 1.48 bits per heavy atom. The Kier molecular flexibility index (Phi) is 9.31. The van der Waals surface area contributed by atoms with Gasteiger partial charge in [-0.15, -0.1) is 0 Å². The number of hydrogen-bond donors (Lipinski definition) is 1. The first-order chi connectivity index (χ1) is 16.1. The van der Waals surface area contributed by atoms with Crippen LogP contribution in [0.5, 0.6) is 0 Å². The molecule has 3 aromatic rings. The van der Waals surface area contributed by atoms with Gasteiger partial charge in [0.2, 0.25) is 5.91 Å². The molecule has 0 atom stereocenters. The highest BCUT2D eigenvalue weighted by Gasteiger charge is 2.10. The summed E-state index contributed by atoms with van der Waals surface area (Å²) in [5, 5.41) is 3.66. The fourth-order valence-corrected chi connectivity index (χ4v) is 3.99. The van der Waals surface area contributed by atoms with Crippen molar-refractivity contribution < 1.29 is 14.4 Å². The summed E-state index contributed by atoms with van der Waals surface area (Å²) in [4.78, 5) is 40.7. The van der Waals surface area contributed by atoms with E-state index < -0.39 is 0 Å². The number of carbonyl (C=O) groups excluding carboxylic acids is 3. The van der Waals surface area contributed by atoms with Gasteiger partial charge in [0.05, 0.1) is 5.52 Å². The lowest BCUT2D eigenvalue weighted by Gasteiger charge is -2.06. The Morgan fingerprint density at radius 1 is 0.788 bits per heavy atom. The van der Waals surface area contributed by atoms with Crippen LogP contribution in [-0.2, 0) is 22.4 Å². The van der Waals surface area contributed by atoms with Crippen molar-refractivity contribution in [2.24, 2.45) is 0 Å². The first kappa shape index (κ1) is 24.3. The Hall–Kier alpha value is -3.34. The second-order valence-electron chi connectivity index (χ2n) is 8.45. The molecule has 0 spiro atoms. The van der Waals surface area contributed by atoms with E-state index in [2.05, 4.69) is 10.3 Å². The number of rotatable bonds is 13. The molecule has 5 nitrogen and oxygen atoms in total. The minimum Gasteiger partial charge on any atom is -0.359 e. The number of para-hydroxylation sites is 1. The number of carbonyl (C=O) groups is 3. The molecule has 0 aliphatic rings. The van der Waals surface area contributed by atoms with Crippen molar-refractivity contribution in [3.8, 4) is 0 Å². The topological polar surface area (TPSA) is 76.1 Å². The molecule has 1 heterocycles. The van der Waals surface area contributed by atoms with E-state index in [9.17, 15) is 14.4 Å². The van der Waals surface area contributed by atoms with Crippen molar-refractivity contribution in [1.29, 1.82) is 0 Å². The molecular weight excluding hydrogens is 412 g/mol. The Labute approximate surface area is 195 Å². The van der Waals surface area contributed by atoms with Crippen LogP contribution in [-0.4, -0.2) is 29.5 Å². The van der Waals surface area contributed by atoms with E-state index in [1.54, 1.807) is 13.2 Å². The summed E-state index contributed by atoms with van der Waals surface area (Å²) in [5.74, 6) is 0.351. The summed E-state index contributed by atoms with van der Waals surface area (Å²) in [6.45, 7) is 0. The third kappa shape index (κ3) is 7.63. The average Bonchev–Trinajstić information content (AvgIpc) is 2.83. The number of nitrogens with zero attached hydrogens (tertiary/aromatic N) is 1. The standard InChI is InChI=1S/C28H32N2O3/c1-29-27(33)13-6-4-2-3-5-12-26(32)22-16-14-21(15-17-22)19-25(31)20-24-10-7-9-23-11-8-18-30-28(23)24/h7-11,14-18H,2-6,12-13,19-20H2,1H3,(H,29,33). The predicted octanol–water partition coefficient (Wildman–Crippen LogP) is 5.25. The fraction of sp³-hybridized carbons (Fsp3) is 0.357. The second-order valence-corrected chi connectivity index (χ2v) is 8.45. The number of pyridine rings is 1. The molecule has 0 aliphatic heterocycles. The molecule has 1 aromatic heterocycles. The molecule has 0 unspecified atom stereocenters. The van der Waals surface area contributed by atoms with Crippen molar-refractivity contribution in [3.63, 3.8) is 0 Å². The number of Topliss-reactive ketones (excluding diaryl/α,β-unsaturated/α-hetero) is 2. The highest BCUT2D eigenvalue weighted by Crippen LogP contribution is 2.18. The summed E-state index contributed by atoms with van der Waals surface area (Å²) in [5.41, 5.74) is 3.43. The van der Waals surface area contributed by atoms with Gasteiger partial charge in [0.15, 0.2) is 5.78 Å². The van der Waals surface area contributed by atoms with Gasteiger partial charge in [0, 0.05) is 49.9 Å². The third-order valence-electron chi connectivity index (χ3n) is 5.87. The van der Waals surface area contributed by atoms with Gasteiger partial charge in [-0.1, -0.05) is 67.8 Å². The Bertz CT molecular complexity index is 1080. The number of nitrogens with one attached hydrogen (secondary N) is 1. The van der Waals surface area contributed by atoms with Crippen LogP contribution < -0.4 is 5.32 Å². The molecule has 1 amide bonds. The largest absolute Gasteiger partial charge is 0.359 e. The van der Waals surface area contributed by atoms with E-state index in [1.165, 1.54) is 0 Å². The number of aromatic nitrogens is 1. The van der Waals surface area contributed by atoms with Crippen LogP contribution in [0.3, 0.4) is 0 Å². The van der Waals surface area contributed by atoms with Gasteiger partial charge in [0.25, 0.3) is 0 Å². The van der Waals surface area contributed by atoms with Gasteiger partial charge in [-0.25, -0.2) is 0 Å². The zero-order valence-electron chi connectivity index (χ0n) is 19.3. The minimum atomic E-state index is 0.0842. The van der Waals surface area contributed by atoms with Crippen LogP contribution in [0, 0.1) is 0 Å². The average molecular weight is 445 g/mol. The molecule has 2 aromatic carbocycles. The maximum absolute atomic E-state index is 12.6. The molecule has 0 saturated carbocycles. The number of fused-ring (bicyclic) bond motifs is 1. The first-order valence-electron chi connectivity index (χ1n) is 11.7. The summed E-state index contributed by atoms with van der Waals surface area (Å²) >= 11 is 0. The summed E-state index contributed by atoms with van der Waals surface area (Å²) in [6, 6.07) is 17.2. The van der Waals surface area contributed by atoms with Crippen molar-refractivity contribution in [1.82, 2.24) is 10.3 Å². The van der Waals surface area contributed by atoms with Crippen molar-refractivity contribution in [2.45, 2.75) is 57.8 Å². The molecule has 0 aliphatic carbocycles. The lowest BCUT2D eigenvalue weighted by molar-refractivity contribution is -0.120. The SMILES string of the molecule is CNC(=O)CCCCCCCC(=O)c1ccc(CC(=O)Cc2cccc3cccnc23)cc1. The van der Waals surface area contributed by atoms with Gasteiger partial charge in [0.1, 0.15) is 5.78 Å². The molecule has 172 valence electrons. The summed E-state index contributed by atoms with van der Waals surface area (Å²) in [6.07, 6.45) is 8.34. The quantitative estimate of drug-likeness (QED) is 0.289. The van der Waals surface area contributed by atoms with Crippen LogP contribution >= 0.6 is 0 Å². The van der Waals surface area contributed by atoms with E-state index in [4.69, 9.17) is 0 Å². The van der Waals surface area contributed by atoms with Crippen LogP contribution in [0.25, 0.3) is 10.9 Å². The van der Waals surface area contributed by atoms with E-state index >= 15 is 0 Å². The van der Waals surface area contributed by atoms with E-state index in [0.717, 1.165) is 54.1 Å². The van der Waals surface area contributed by atoms with Crippen LogP contribution in [0.1, 0.15) is 66.4 Å². The summed E-state index contributed by atoms with van der Waals surface area (Å²) < 4.78 is 0. The molecule has 3 rings (SSSR count). The van der Waals surface area contributed by atoms with Crippen LogP contribution in [0.15, 0.2) is 60.8 Å². The van der Waals surface area contributed by atoms with Crippen molar-refractivity contribution in [2.75, 3.05) is 7.05 Å². The molecule has 0 bridgehead atoms. The number of amides is 1. The van der Waals surface area contributed by atoms with E-state index in [0.29, 0.717) is 31.2 Å². The lowest BCUT2D eigenvalue weighted by Crippen LogP contribution is -2.16.